The molecule has 0 aliphatic carbocycles. The van der Waals surface area contributed by atoms with E-state index in [1.165, 1.54) is 18.2 Å². The molecule has 5 nitrogen and oxygen atoms in total. The van der Waals surface area contributed by atoms with Crippen molar-refractivity contribution in [3.63, 3.8) is 0 Å². The zero-order chi connectivity index (χ0) is 19.2. The van der Waals surface area contributed by atoms with Crippen LogP contribution >= 0.6 is 0 Å². The quantitative estimate of drug-likeness (QED) is 0.630. The lowest BCUT2D eigenvalue weighted by Crippen LogP contribution is -2.29. The van der Waals surface area contributed by atoms with Crippen molar-refractivity contribution in [1.82, 2.24) is 14.5 Å². The van der Waals surface area contributed by atoms with E-state index in [2.05, 4.69) is 15.0 Å². The summed E-state index contributed by atoms with van der Waals surface area (Å²) in [5.74, 6) is 0.736. The predicted octanol–water partition coefficient (Wildman–Crippen LogP) is 4.24. The van der Waals surface area contributed by atoms with Gasteiger partial charge in [-0.3, -0.25) is 9.56 Å². The van der Waals surface area contributed by atoms with E-state index in [0.717, 1.165) is 12.3 Å². The van der Waals surface area contributed by atoms with Crippen LogP contribution in [0.3, 0.4) is 0 Å². The Morgan fingerprint density at radius 3 is 2.63 bits per heavy atom. The molecule has 0 unspecified atom stereocenters. The number of pyridine rings is 1. The summed E-state index contributed by atoms with van der Waals surface area (Å²) in [6.07, 6.45) is -0.170. The van der Waals surface area contributed by atoms with Gasteiger partial charge >= 0.3 is 6.18 Å². The molecule has 3 heterocycles. The molecule has 1 aliphatic heterocycles. The van der Waals surface area contributed by atoms with Gasteiger partial charge in [0.25, 0.3) is 0 Å². The van der Waals surface area contributed by atoms with Gasteiger partial charge in [0.1, 0.15) is 23.2 Å². The number of hydrogen-bond acceptors (Lipinski definition) is 4. The van der Waals surface area contributed by atoms with Crippen LogP contribution in [0.1, 0.15) is 11.5 Å². The van der Waals surface area contributed by atoms with Gasteiger partial charge in [0.05, 0.1) is 35.7 Å². The fourth-order valence-electron chi connectivity index (χ4n) is 3.00. The summed E-state index contributed by atoms with van der Waals surface area (Å²) in [6, 6.07) is 6.53. The summed E-state index contributed by atoms with van der Waals surface area (Å²) in [5.41, 5.74) is 0.641. The maximum absolute atomic E-state index is 13.7. The largest absolute Gasteiger partial charge is 0.433 e. The molecular formula is C18H13F4N5. The molecule has 0 spiro atoms. The number of alkyl halides is 3. The number of aliphatic imine (C=N–C) groups is 1. The van der Waals surface area contributed by atoms with Crippen molar-refractivity contribution in [3.05, 3.63) is 60.1 Å². The number of imidazole rings is 1. The minimum Gasteiger partial charge on any atom is -0.319 e. The Bertz CT molecular complexity index is 1060. The Kier molecular flexibility index (Phi) is 3.94. The number of hydrogen-bond donors (Lipinski definition) is 0. The van der Waals surface area contributed by atoms with E-state index in [0.29, 0.717) is 34.9 Å². The third-order valence-corrected chi connectivity index (χ3v) is 4.20. The maximum Gasteiger partial charge on any atom is 0.433 e. The van der Waals surface area contributed by atoms with E-state index in [1.807, 2.05) is 0 Å². The molecule has 1 aliphatic rings. The van der Waals surface area contributed by atoms with Crippen LogP contribution in [0.25, 0.3) is 16.9 Å². The summed E-state index contributed by atoms with van der Waals surface area (Å²) in [4.78, 5) is 13.8. The zero-order valence-corrected chi connectivity index (χ0v) is 14.1. The Labute approximate surface area is 151 Å². The standard InChI is InChI=1S/C18H13F4N5/c1-11-25-14-4-2-12(19)8-15(14)27(11)17-10-23-6-7-26(17)13-3-5-16(24-9-13)18(20,21)22/h2-6,8-10H,7H2,1H3. The number of anilines is 1. The predicted molar refractivity (Wildman–Crippen MR) is 93.8 cm³/mol. The number of aryl methyl sites for hydroxylation is 1. The van der Waals surface area contributed by atoms with E-state index in [1.54, 1.807) is 34.9 Å². The summed E-state index contributed by atoms with van der Waals surface area (Å²) < 4.78 is 53.8. The van der Waals surface area contributed by atoms with E-state index in [9.17, 15) is 17.6 Å². The molecule has 1 aromatic carbocycles. The lowest BCUT2D eigenvalue weighted by atomic mass is 10.2. The highest BCUT2D eigenvalue weighted by atomic mass is 19.4. The van der Waals surface area contributed by atoms with E-state index in [-0.39, 0.29) is 0 Å². The van der Waals surface area contributed by atoms with Gasteiger partial charge in [-0.05, 0) is 31.2 Å². The van der Waals surface area contributed by atoms with E-state index < -0.39 is 17.7 Å². The molecule has 27 heavy (non-hydrogen) atoms. The first kappa shape index (κ1) is 17.2. The first-order chi connectivity index (χ1) is 12.8. The minimum absolute atomic E-state index is 0.327. The number of nitrogens with zero attached hydrogens (tertiary/aromatic N) is 5. The van der Waals surface area contributed by atoms with Crippen molar-refractivity contribution in [3.8, 4) is 0 Å². The van der Waals surface area contributed by atoms with Crippen molar-refractivity contribution in [2.24, 2.45) is 4.99 Å². The van der Waals surface area contributed by atoms with Crippen LogP contribution in [0, 0.1) is 12.7 Å². The number of fused-ring (bicyclic) bond motifs is 1. The first-order valence-electron chi connectivity index (χ1n) is 8.02. The molecule has 0 saturated heterocycles. The van der Waals surface area contributed by atoms with Crippen LogP contribution in [0.2, 0.25) is 0 Å². The average molecular weight is 375 g/mol. The number of rotatable bonds is 2. The molecule has 0 bridgehead atoms. The molecule has 0 saturated carbocycles. The summed E-state index contributed by atoms with van der Waals surface area (Å²) >= 11 is 0. The lowest BCUT2D eigenvalue weighted by molar-refractivity contribution is -0.141. The second-order valence-corrected chi connectivity index (χ2v) is 5.96. The van der Waals surface area contributed by atoms with Crippen LogP contribution < -0.4 is 4.90 Å². The van der Waals surface area contributed by atoms with Crippen LogP contribution in [0.5, 0.6) is 0 Å². The molecule has 3 aromatic rings. The number of halogens is 4. The normalized spacial score (nSPS) is 14.7. The summed E-state index contributed by atoms with van der Waals surface area (Å²) in [6.45, 7) is 2.09. The van der Waals surface area contributed by atoms with Crippen LogP contribution in [0.4, 0.5) is 23.2 Å². The number of benzene rings is 1. The van der Waals surface area contributed by atoms with Gasteiger partial charge in [-0.25, -0.2) is 14.4 Å². The second kappa shape index (κ2) is 6.19. The summed E-state index contributed by atoms with van der Waals surface area (Å²) in [7, 11) is 0. The Morgan fingerprint density at radius 1 is 1.11 bits per heavy atom. The van der Waals surface area contributed by atoms with Crippen LogP contribution in [0.15, 0.2) is 47.7 Å². The van der Waals surface area contributed by atoms with Crippen LogP contribution in [-0.4, -0.2) is 27.3 Å². The van der Waals surface area contributed by atoms with Crippen molar-refractivity contribution in [1.29, 1.82) is 0 Å². The SMILES string of the molecule is Cc1nc2ccc(F)cc2n1C1=CN=CCN1c1ccc(C(F)(F)F)nc1. The molecule has 2 aromatic heterocycles. The Morgan fingerprint density at radius 2 is 1.93 bits per heavy atom. The Hall–Kier alpha value is -3.23. The molecule has 0 atom stereocenters. The minimum atomic E-state index is -4.50. The lowest BCUT2D eigenvalue weighted by Gasteiger charge is -2.28. The monoisotopic (exact) mass is 375 g/mol. The molecule has 0 N–H and O–H groups in total. The van der Waals surface area contributed by atoms with Crippen molar-refractivity contribution >= 4 is 28.8 Å². The van der Waals surface area contributed by atoms with Gasteiger partial charge in [-0.15, -0.1) is 0 Å². The van der Waals surface area contributed by atoms with Crippen LogP contribution in [-0.2, 0) is 6.18 Å². The summed E-state index contributed by atoms with van der Waals surface area (Å²) in [5, 5.41) is 0. The molecule has 0 amide bonds. The van der Waals surface area contributed by atoms with Crippen molar-refractivity contribution in [2.45, 2.75) is 13.1 Å². The fourth-order valence-corrected chi connectivity index (χ4v) is 3.00. The fraction of sp³-hybridized carbons (Fsp3) is 0.167. The van der Waals surface area contributed by atoms with Gasteiger partial charge < -0.3 is 4.90 Å². The van der Waals surface area contributed by atoms with Gasteiger partial charge in [-0.2, -0.15) is 13.2 Å². The second-order valence-electron chi connectivity index (χ2n) is 5.96. The molecular weight excluding hydrogens is 362 g/mol. The highest BCUT2D eigenvalue weighted by Gasteiger charge is 2.32. The number of aromatic nitrogens is 3. The maximum atomic E-state index is 13.7. The van der Waals surface area contributed by atoms with Gasteiger partial charge in [0.2, 0.25) is 0 Å². The highest BCUT2D eigenvalue weighted by Crippen LogP contribution is 2.31. The van der Waals surface area contributed by atoms with Gasteiger partial charge in [0, 0.05) is 12.3 Å². The smallest absolute Gasteiger partial charge is 0.319 e. The molecule has 9 heteroatoms. The first-order valence-corrected chi connectivity index (χ1v) is 8.02. The van der Waals surface area contributed by atoms with E-state index >= 15 is 0 Å². The third-order valence-electron chi connectivity index (χ3n) is 4.20. The molecule has 0 radical (unpaired) electrons. The highest BCUT2D eigenvalue weighted by molar-refractivity contribution is 5.86. The molecule has 0 fully saturated rings. The topological polar surface area (TPSA) is 46.3 Å². The van der Waals surface area contributed by atoms with Gasteiger partial charge in [0.15, 0.2) is 0 Å². The van der Waals surface area contributed by atoms with E-state index in [4.69, 9.17) is 0 Å². The third kappa shape index (κ3) is 3.05. The molecule has 138 valence electrons. The van der Waals surface area contributed by atoms with Gasteiger partial charge in [-0.1, -0.05) is 0 Å². The van der Waals surface area contributed by atoms with Crippen molar-refractivity contribution in [2.75, 3.05) is 11.4 Å². The van der Waals surface area contributed by atoms with Crippen molar-refractivity contribution < 1.29 is 17.6 Å². The zero-order valence-electron chi connectivity index (χ0n) is 14.1. The Balaban J connectivity index is 1.80. The average Bonchev–Trinajstić information content (AvgIpc) is 2.96. The molecule has 4 rings (SSSR count).